The number of aryl methyl sites for hydroxylation is 1. The van der Waals surface area contributed by atoms with Crippen LogP contribution in [0.5, 0.6) is 0 Å². The summed E-state index contributed by atoms with van der Waals surface area (Å²) in [7, 11) is -3.60. The molecule has 3 fully saturated rings. The molecule has 24 heavy (non-hydrogen) atoms. The number of likely N-dealkylation sites (tertiary alicyclic amines) is 1. The summed E-state index contributed by atoms with van der Waals surface area (Å²) in [6, 6.07) is 0.710. The van der Waals surface area contributed by atoms with E-state index in [-0.39, 0.29) is 17.1 Å². The van der Waals surface area contributed by atoms with E-state index in [9.17, 15) is 8.42 Å². The molecule has 0 radical (unpaired) electrons. The number of rotatable bonds is 3. The van der Waals surface area contributed by atoms with Crippen LogP contribution in [0.4, 0.5) is 0 Å². The van der Waals surface area contributed by atoms with Crippen LogP contribution in [0, 0.1) is 12.8 Å². The van der Waals surface area contributed by atoms with E-state index in [0.717, 1.165) is 44.7 Å². The van der Waals surface area contributed by atoms with Crippen LogP contribution in [0.25, 0.3) is 0 Å². The first kappa shape index (κ1) is 16.5. The standard InChI is InChI=1S/C16H26N4O3S/c1-11-5-7-19(8-6-11)15-9-13-3-4-14(10-15)20(13)24(21,22)16-12(2)17-23-18-16/h11,13-15H,3-10H2,1-2H3/t13-,14+,15+. The molecule has 7 nitrogen and oxygen atoms in total. The van der Waals surface area contributed by atoms with Gasteiger partial charge >= 0.3 is 0 Å². The maximum atomic E-state index is 13.0. The van der Waals surface area contributed by atoms with Crippen LogP contribution in [0.2, 0.25) is 0 Å². The van der Waals surface area contributed by atoms with E-state index in [1.54, 1.807) is 11.2 Å². The van der Waals surface area contributed by atoms with Gasteiger partial charge in [-0.2, -0.15) is 4.31 Å². The van der Waals surface area contributed by atoms with E-state index >= 15 is 0 Å². The monoisotopic (exact) mass is 354 g/mol. The van der Waals surface area contributed by atoms with Crippen molar-refractivity contribution in [1.29, 1.82) is 0 Å². The second-order valence-electron chi connectivity index (χ2n) is 7.72. The summed E-state index contributed by atoms with van der Waals surface area (Å²) in [6.07, 6.45) is 6.31. The van der Waals surface area contributed by atoms with Crippen molar-refractivity contribution >= 4 is 10.0 Å². The molecule has 134 valence electrons. The van der Waals surface area contributed by atoms with E-state index in [1.165, 1.54) is 12.8 Å². The van der Waals surface area contributed by atoms with Gasteiger partial charge in [0.2, 0.25) is 5.03 Å². The van der Waals surface area contributed by atoms with E-state index in [1.807, 2.05) is 0 Å². The Morgan fingerprint density at radius 3 is 2.17 bits per heavy atom. The molecule has 0 N–H and O–H groups in total. The van der Waals surface area contributed by atoms with E-state index in [0.29, 0.717) is 11.7 Å². The minimum absolute atomic E-state index is 0.00959. The SMILES string of the molecule is Cc1nonc1S(=O)(=O)N1[C@@H]2CC[C@H]1C[C@@H](N1CCC(C)CC1)C2. The fraction of sp³-hybridized carbons (Fsp3) is 0.875. The third-order valence-corrected chi connectivity index (χ3v) is 8.12. The molecule has 1 aromatic heterocycles. The topological polar surface area (TPSA) is 79.5 Å². The Labute approximate surface area is 143 Å². The lowest BCUT2D eigenvalue weighted by Crippen LogP contribution is -2.53. The Balaban J connectivity index is 1.52. The number of hydrogen-bond donors (Lipinski definition) is 0. The highest BCUT2D eigenvalue weighted by molar-refractivity contribution is 7.89. The van der Waals surface area contributed by atoms with Crippen molar-refractivity contribution in [2.45, 2.75) is 75.5 Å². The lowest BCUT2D eigenvalue weighted by molar-refractivity contribution is 0.0757. The zero-order valence-electron chi connectivity index (χ0n) is 14.4. The highest BCUT2D eigenvalue weighted by atomic mass is 32.2. The van der Waals surface area contributed by atoms with Gasteiger partial charge in [-0.1, -0.05) is 12.1 Å². The molecular formula is C16H26N4O3S. The predicted molar refractivity (Wildman–Crippen MR) is 87.9 cm³/mol. The van der Waals surface area contributed by atoms with Gasteiger partial charge in [-0.15, -0.1) is 0 Å². The van der Waals surface area contributed by atoms with Crippen molar-refractivity contribution in [2.75, 3.05) is 13.1 Å². The van der Waals surface area contributed by atoms with Gasteiger partial charge in [-0.05, 0) is 69.6 Å². The molecule has 1 aromatic rings. The zero-order chi connectivity index (χ0) is 16.9. The quantitative estimate of drug-likeness (QED) is 0.823. The molecule has 4 heterocycles. The highest BCUT2D eigenvalue weighted by Crippen LogP contribution is 2.41. The summed E-state index contributed by atoms with van der Waals surface area (Å²) < 4.78 is 32.3. The molecule has 0 saturated carbocycles. The third kappa shape index (κ3) is 2.68. The van der Waals surface area contributed by atoms with Crippen molar-refractivity contribution in [2.24, 2.45) is 5.92 Å². The molecular weight excluding hydrogens is 328 g/mol. The maximum absolute atomic E-state index is 13.0. The lowest BCUT2D eigenvalue weighted by Gasteiger charge is -2.44. The molecule has 3 aliphatic heterocycles. The number of hydrogen-bond acceptors (Lipinski definition) is 6. The third-order valence-electron chi connectivity index (χ3n) is 6.11. The van der Waals surface area contributed by atoms with Gasteiger partial charge in [-0.3, -0.25) is 0 Å². The first-order valence-electron chi connectivity index (χ1n) is 9.03. The summed E-state index contributed by atoms with van der Waals surface area (Å²) in [5.41, 5.74) is 0.349. The molecule has 3 atom stereocenters. The van der Waals surface area contributed by atoms with Gasteiger partial charge in [-0.25, -0.2) is 13.0 Å². The second kappa shape index (κ2) is 6.07. The van der Waals surface area contributed by atoms with Crippen LogP contribution in [0.15, 0.2) is 9.65 Å². The first-order valence-corrected chi connectivity index (χ1v) is 10.5. The summed E-state index contributed by atoms with van der Waals surface area (Å²) in [6.45, 7) is 6.27. The van der Waals surface area contributed by atoms with Gasteiger partial charge in [0, 0.05) is 18.1 Å². The van der Waals surface area contributed by atoms with Crippen LogP contribution in [0.3, 0.4) is 0 Å². The van der Waals surface area contributed by atoms with Gasteiger partial charge in [0.15, 0.2) is 0 Å². The Bertz CT molecular complexity index is 682. The van der Waals surface area contributed by atoms with Gasteiger partial charge in [0.25, 0.3) is 10.0 Å². The largest absolute Gasteiger partial charge is 0.300 e. The summed E-state index contributed by atoms with van der Waals surface area (Å²) >= 11 is 0. The van der Waals surface area contributed by atoms with Crippen molar-refractivity contribution in [3.8, 4) is 0 Å². The minimum Gasteiger partial charge on any atom is -0.300 e. The van der Waals surface area contributed by atoms with Crippen LogP contribution in [0.1, 0.15) is 51.1 Å². The number of nitrogens with zero attached hydrogens (tertiary/aromatic N) is 4. The number of sulfonamides is 1. The number of fused-ring (bicyclic) bond motifs is 2. The summed E-state index contributed by atoms with van der Waals surface area (Å²) in [5.74, 6) is 0.820. The smallest absolute Gasteiger partial charge is 0.266 e. The van der Waals surface area contributed by atoms with Crippen molar-refractivity contribution in [3.63, 3.8) is 0 Å². The van der Waals surface area contributed by atoms with Crippen molar-refractivity contribution in [3.05, 3.63) is 5.69 Å². The molecule has 0 aromatic carbocycles. The molecule has 0 spiro atoms. The summed E-state index contributed by atoms with van der Waals surface area (Å²) in [4.78, 5) is 2.60. The van der Waals surface area contributed by atoms with Gasteiger partial charge < -0.3 is 4.90 Å². The Morgan fingerprint density at radius 2 is 1.62 bits per heavy atom. The normalized spacial score (nSPS) is 33.2. The Kier molecular flexibility index (Phi) is 4.17. The predicted octanol–water partition coefficient (Wildman–Crippen LogP) is 1.79. The number of aromatic nitrogens is 2. The first-order chi connectivity index (χ1) is 11.5. The Morgan fingerprint density at radius 1 is 1.00 bits per heavy atom. The molecule has 0 aliphatic carbocycles. The number of piperidine rings is 2. The second-order valence-corrected chi connectivity index (χ2v) is 9.48. The highest BCUT2D eigenvalue weighted by Gasteiger charge is 2.49. The molecule has 8 heteroatoms. The molecule has 0 amide bonds. The van der Waals surface area contributed by atoms with Crippen LogP contribution < -0.4 is 0 Å². The van der Waals surface area contributed by atoms with Crippen LogP contribution >= 0.6 is 0 Å². The lowest BCUT2D eigenvalue weighted by atomic mass is 9.93. The fourth-order valence-corrected chi connectivity index (χ4v) is 6.65. The molecule has 0 unspecified atom stereocenters. The van der Waals surface area contributed by atoms with Crippen molar-refractivity contribution < 1.29 is 13.0 Å². The summed E-state index contributed by atoms with van der Waals surface area (Å²) in [5, 5.41) is 7.28. The van der Waals surface area contributed by atoms with Gasteiger partial charge in [0.1, 0.15) is 5.69 Å². The minimum atomic E-state index is -3.60. The molecule has 4 rings (SSSR count). The van der Waals surface area contributed by atoms with E-state index < -0.39 is 10.0 Å². The van der Waals surface area contributed by atoms with E-state index in [2.05, 4.69) is 26.8 Å². The molecule has 2 bridgehead atoms. The van der Waals surface area contributed by atoms with Crippen molar-refractivity contribution in [1.82, 2.24) is 19.5 Å². The fourth-order valence-electron chi connectivity index (χ4n) is 4.75. The molecule has 3 saturated heterocycles. The van der Waals surface area contributed by atoms with Crippen LogP contribution in [-0.4, -0.2) is 59.2 Å². The average molecular weight is 354 g/mol. The van der Waals surface area contributed by atoms with Gasteiger partial charge in [0.05, 0.1) is 0 Å². The Hall–Kier alpha value is -0.990. The van der Waals surface area contributed by atoms with Crippen LogP contribution in [-0.2, 0) is 10.0 Å². The van der Waals surface area contributed by atoms with E-state index in [4.69, 9.17) is 0 Å². The average Bonchev–Trinajstić information content (AvgIpc) is 3.10. The zero-order valence-corrected chi connectivity index (χ0v) is 15.2. The molecule has 3 aliphatic rings. The maximum Gasteiger partial charge on any atom is 0.266 e.